The first-order valence-corrected chi connectivity index (χ1v) is 10.4. The molecule has 1 amide bonds. The molecule has 0 unspecified atom stereocenters. The van der Waals surface area contributed by atoms with Crippen LogP contribution >= 0.6 is 15.9 Å². The molecule has 1 fully saturated rings. The highest BCUT2D eigenvalue weighted by Crippen LogP contribution is 2.58. The zero-order valence-corrected chi connectivity index (χ0v) is 17.4. The summed E-state index contributed by atoms with van der Waals surface area (Å²) in [6, 6.07) is 30.4. The third-order valence-corrected chi connectivity index (χ3v) is 5.78. The first-order valence-electron chi connectivity index (χ1n) is 9.57. The number of hydrazone groups is 1. The van der Waals surface area contributed by atoms with Crippen molar-refractivity contribution in [2.75, 3.05) is 0 Å². The Morgan fingerprint density at radius 2 is 1.41 bits per heavy atom. The van der Waals surface area contributed by atoms with Crippen LogP contribution in [-0.2, 0) is 10.2 Å². The standard InChI is InChI=1S/C25H21BrN2O/c26-23(17-16-19-10-4-1-5-11-19)27-28-24(29)22-18-25(22,20-12-6-2-7-13-20)21-14-8-3-9-15-21/h1-17,22H,18H2,(H,28,29)/b17-16+,27-23?/t22-/m0/s1. The summed E-state index contributed by atoms with van der Waals surface area (Å²) in [4.78, 5) is 12.9. The van der Waals surface area contributed by atoms with E-state index >= 15 is 0 Å². The van der Waals surface area contributed by atoms with Crippen LogP contribution in [0.5, 0.6) is 0 Å². The van der Waals surface area contributed by atoms with E-state index in [1.54, 1.807) is 0 Å². The van der Waals surface area contributed by atoms with Gasteiger partial charge in [-0.05, 0) is 45.1 Å². The van der Waals surface area contributed by atoms with Crippen molar-refractivity contribution in [3.63, 3.8) is 0 Å². The second-order valence-electron chi connectivity index (χ2n) is 7.11. The lowest BCUT2D eigenvalue weighted by Crippen LogP contribution is -2.25. The molecule has 0 saturated heterocycles. The Hall–Kier alpha value is -2.98. The van der Waals surface area contributed by atoms with Gasteiger partial charge in [-0.1, -0.05) is 97.1 Å². The topological polar surface area (TPSA) is 41.5 Å². The molecule has 1 aliphatic rings. The molecule has 1 N–H and O–H groups in total. The maximum atomic E-state index is 12.9. The van der Waals surface area contributed by atoms with Gasteiger partial charge in [0.15, 0.2) is 0 Å². The van der Waals surface area contributed by atoms with Gasteiger partial charge in [-0.25, -0.2) is 5.43 Å². The van der Waals surface area contributed by atoms with E-state index in [4.69, 9.17) is 0 Å². The third kappa shape index (κ3) is 4.22. The molecule has 0 spiro atoms. The summed E-state index contributed by atoms with van der Waals surface area (Å²) in [5, 5.41) is 4.20. The molecule has 1 atom stereocenters. The number of hydrogen-bond acceptors (Lipinski definition) is 2. The lowest BCUT2D eigenvalue weighted by molar-refractivity contribution is -0.122. The molecular formula is C25H21BrN2O. The van der Waals surface area contributed by atoms with Crippen molar-refractivity contribution in [3.8, 4) is 0 Å². The van der Waals surface area contributed by atoms with Gasteiger partial charge < -0.3 is 0 Å². The van der Waals surface area contributed by atoms with Crippen LogP contribution in [0.3, 0.4) is 0 Å². The molecule has 0 bridgehead atoms. The summed E-state index contributed by atoms with van der Waals surface area (Å²) in [5.41, 5.74) is 5.84. The maximum Gasteiger partial charge on any atom is 0.244 e. The van der Waals surface area contributed by atoms with Crippen LogP contribution in [0.15, 0.2) is 102 Å². The number of carbonyl (C=O) groups excluding carboxylic acids is 1. The number of hydrogen-bond donors (Lipinski definition) is 1. The number of amides is 1. The molecule has 29 heavy (non-hydrogen) atoms. The number of halogens is 1. The average Bonchev–Trinajstić information content (AvgIpc) is 3.55. The van der Waals surface area contributed by atoms with Crippen molar-refractivity contribution >= 4 is 32.5 Å². The van der Waals surface area contributed by atoms with Crippen LogP contribution < -0.4 is 5.43 Å². The molecule has 0 radical (unpaired) electrons. The summed E-state index contributed by atoms with van der Waals surface area (Å²) >= 11 is 3.40. The van der Waals surface area contributed by atoms with E-state index in [1.807, 2.05) is 78.9 Å². The molecule has 4 heteroatoms. The molecule has 144 valence electrons. The highest BCUT2D eigenvalue weighted by molar-refractivity contribution is 9.18. The minimum absolute atomic E-state index is 0.0669. The van der Waals surface area contributed by atoms with Gasteiger partial charge in [-0.15, -0.1) is 0 Å². The highest BCUT2D eigenvalue weighted by Gasteiger charge is 2.60. The molecule has 3 nitrogen and oxygen atoms in total. The molecule has 0 aromatic heterocycles. The van der Waals surface area contributed by atoms with Crippen molar-refractivity contribution in [1.29, 1.82) is 0 Å². The monoisotopic (exact) mass is 444 g/mol. The molecule has 3 aromatic rings. The van der Waals surface area contributed by atoms with Gasteiger partial charge in [-0.3, -0.25) is 4.79 Å². The molecule has 4 rings (SSSR count). The number of nitrogens with one attached hydrogen (secondary N) is 1. The van der Waals surface area contributed by atoms with Crippen LogP contribution in [0.1, 0.15) is 23.1 Å². The minimum Gasteiger partial charge on any atom is -0.273 e. The quantitative estimate of drug-likeness (QED) is 0.394. The summed E-state index contributed by atoms with van der Waals surface area (Å²) in [6.07, 6.45) is 4.54. The van der Waals surface area contributed by atoms with Crippen LogP contribution in [0.25, 0.3) is 6.08 Å². The number of nitrogens with zero attached hydrogens (tertiary/aromatic N) is 1. The number of allylic oxidation sites excluding steroid dienone is 1. The van der Waals surface area contributed by atoms with Gasteiger partial charge >= 0.3 is 0 Å². The van der Waals surface area contributed by atoms with E-state index in [9.17, 15) is 4.79 Å². The Labute approximate surface area is 179 Å². The van der Waals surface area contributed by atoms with Crippen LogP contribution in [0.4, 0.5) is 0 Å². The minimum atomic E-state index is -0.283. The fraction of sp³-hybridized carbons (Fsp3) is 0.120. The Morgan fingerprint density at radius 3 is 1.97 bits per heavy atom. The number of benzene rings is 3. The Balaban J connectivity index is 1.49. The normalized spacial score (nSPS) is 17.8. The summed E-state index contributed by atoms with van der Waals surface area (Å²) in [7, 11) is 0. The van der Waals surface area contributed by atoms with Crippen molar-refractivity contribution in [2.24, 2.45) is 11.0 Å². The second kappa shape index (κ2) is 8.58. The molecule has 3 aromatic carbocycles. The summed E-state index contributed by atoms with van der Waals surface area (Å²) < 4.78 is 0.570. The number of carbonyl (C=O) groups is 1. The van der Waals surface area contributed by atoms with Crippen molar-refractivity contribution in [3.05, 3.63) is 114 Å². The molecule has 1 saturated carbocycles. The van der Waals surface area contributed by atoms with Crippen molar-refractivity contribution in [1.82, 2.24) is 5.43 Å². The third-order valence-electron chi connectivity index (χ3n) is 5.34. The fourth-order valence-corrected chi connectivity index (χ4v) is 4.03. The lowest BCUT2D eigenvalue weighted by atomic mass is 9.85. The number of rotatable bonds is 6. The molecule has 0 aliphatic heterocycles. The lowest BCUT2D eigenvalue weighted by Gasteiger charge is -2.18. The largest absolute Gasteiger partial charge is 0.273 e. The van der Waals surface area contributed by atoms with Gasteiger partial charge in [-0.2, -0.15) is 5.10 Å². The van der Waals surface area contributed by atoms with Crippen molar-refractivity contribution < 1.29 is 4.79 Å². The van der Waals surface area contributed by atoms with E-state index in [-0.39, 0.29) is 17.2 Å². The van der Waals surface area contributed by atoms with Crippen LogP contribution in [0.2, 0.25) is 0 Å². The van der Waals surface area contributed by atoms with Gasteiger partial charge in [0.25, 0.3) is 0 Å². The Morgan fingerprint density at radius 1 is 0.897 bits per heavy atom. The van der Waals surface area contributed by atoms with E-state index in [1.165, 1.54) is 11.1 Å². The molecular weight excluding hydrogens is 424 g/mol. The van der Waals surface area contributed by atoms with E-state index in [2.05, 4.69) is 50.7 Å². The van der Waals surface area contributed by atoms with Crippen LogP contribution in [0, 0.1) is 5.92 Å². The molecule has 1 aliphatic carbocycles. The maximum absolute atomic E-state index is 12.9. The first kappa shape index (κ1) is 19.3. The predicted molar refractivity (Wildman–Crippen MR) is 122 cm³/mol. The van der Waals surface area contributed by atoms with Gasteiger partial charge in [0, 0.05) is 5.41 Å². The average molecular weight is 445 g/mol. The summed E-state index contributed by atoms with van der Waals surface area (Å²) in [5.74, 6) is -0.211. The predicted octanol–water partition coefficient (Wildman–Crippen LogP) is 5.53. The fourth-order valence-electron chi connectivity index (χ4n) is 3.81. The van der Waals surface area contributed by atoms with Gasteiger partial charge in [0.05, 0.1) is 5.92 Å². The first-order chi connectivity index (χ1) is 14.2. The van der Waals surface area contributed by atoms with Crippen molar-refractivity contribution in [2.45, 2.75) is 11.8 Å². The SMILES string of the molecule is O=C(NN=C(Br)/C=C/c1ccccc1)[C@@H]1CC1(c1ccccc1)c1ccccc1. The highest BCUT2D eigenvalue weighted by atomic mass is 79.9. The Kier molecular flexibility index (Phi) is 5.72. The van der Waals surface area contributed by atoms with Crippen LogP contribution in [-0.4, -0.2) is 10.5 Å². The van der Waals surface area contributed by atoms with E-state index < -0.39 is 0 Å². The zero-order valence-electron chi connectivity index (χ0n) is 15.8. The molecule has 0 heterocycles. The zero-order chi connectivity index (χ0) is 20.1. The second-order valence-corrected chi connectivity index (χ2v) is 7.93. The summed E-state index contributed by atoms with van der Waals surface area (Å²) in [6.45, 7) is 0. The van der Waals surface area contributed by atoms with E-state index in [0.29, 0.717) is 4.62 Å². The Bertz CT molecular complexity index is 991. The van der Waals surface area contributed by atoms with E-state index in [0.717, 1.165) is 12.0 Å². The van der Waals surface area contributed by atoms with Gasteiger partial charge in [0.2, 0.25) is 5.91 Å². The smallest absolute Gasteiger partial charge is 0.244 e. The van der Waals surface area contributed by atoms with Gasteiger partial charge in [0.1, 0.15) is 4.62 Å².